The molecule has 2 aliphatic rings. The van der Waals surface area contributed by atoms with E-state index in [0.717, 1.165) is 60.3 Å². The average molecular weight is 406 g/mol. The Hall–Kier alpha value is -1.44. The second kappa shape index (κ2) is 10.2. The maximum atomic E-state index is 12.9. The van der Waals surface area contributed by atoms with E-state index in [2.05, 4.69) is 11.9 Å². The van der Waals surface area contributed by atoms with Crippen LogP contribution in [0.1, 0.15) is 12.8 Å². The van der Waals surface area contributed by atoms with Gasteiger partial charge in [0.2, 0.25) is 11.8 Å². The normalized spacial score (nSPS) is 20.4. The first-order valence-electron chi connectivity index (χ1n) is 9.42. The summed E-state index contributed by atoms with van der Waals surface area (Å²) in [6.07, 6.45) is 3.67. The summed E-state index contributed by atoms with van der Waals surface area (Å²) in [6, 6.07) is 7.66. The molecule has 1 aromatic rings. The Bertz CT molecular complexity index is 677. The number of amides is 2. The van der Waals surface area contributed by atoms with Crippen LogP contribution in [0.15, 0.2) is 41.8 Å². The molecule has 2 heterocycles. The molecule has 0 bridgehead atoms. The number of anilines is 1. The molecule has 1 aromatic carbocycles. The van der Waals surface area contributed by atoms with E-state index >= 15 is 0 Å². The highest BCUT2D eigenvalue weighted by Gasteiger charge is 2.35. The Labute approximate surface area is 169 Å². The first-order chi connectivity index (χ1) is 13.2. The van der Waals surface area contributed by atoms with Crippen molar-refractivity contribution in [3.05, 3.63) is 36.9 Å². The first-order valence-corrected chi connectivity index (χ1v) is 11.6. The lowest BCUT2D eigenvalue weighted by Crippen LogP contribution is -2.49. The Kier molecular flexibility index (Phi) is 7.67. The SMILES string of the molecule is C=CCSc1ccccc1NC(=O)CN1CCCC1C(=O)N1CCSCC1. The third-order valence-corrected chi connectivity index (χ3v) is 6.85. The van der Waals surface area contributed by atoms with Crippen molar-refractivity contribution in [1.29, 1.82) is 0 Å². The zero-order valence-electron chi connectivity index (χ0n) is 15.6. The van der Waals surface area contributed by atoms with Crippen molar-refractivity contribution >= 4 is 41.0 Å². The summed E-state index contributed by atoms with van der Waals surface area (Å²) < 4.78 is 0. The van der Waals surface area contributed by atoms with Crippen LogP contribution in [0.4, 0.5) is 5.69 Å². The van der Waals surface area contributed by atoms with Gasteiger partial charge in [-0.15, -0.1) is 18.3 Å². The van der Waals surface area contributed by atoms with Gasteiger partial charge in [0.05, 0.1) is 18.3 Å². The predicted molar refractivity (Wildman–Crippen MR) is 114 cm³/mol. The van der Waals surface area contributed by atoms with Gasteiger partial charge in [-0.05, 0) is 31.5 Å². The van der Waals surface area contributed by atoms with Gasteiger partial charge in [0, 0.05) is 35.2 Å². The molecule has 0 spiro atoms. The van der Waals surface area contributed by atoms with E-state index < -0.39 is 0 Å². The molecule has 2 fully saturated rings. The summed E-state index contributed by atoms with van der Waals surface area (Å²) in [5, 5.41) is 3.02. The van der Waals surface area contributed by atoms with Gasteiger partial charge in [0.1, 0.15) is 0 Å². The van der Waals surface area contributed by atoms with Gasteiger partial charge >= 0.3 is 0 Å². The molecule has 2 amide bonds. The van der Waals surface area contributed by atoms with E-state index in [9.17, 15) is 9.59 Å². The van der Waals surface area contributed by atoms with Crippen LogP contribution in [-0.4, -0.2) is 71.1 Å². The highest BCUT2D eigenvalue weighted by Crippen LogP contribution is 2.27. The predicted octanol–water partition coefficient (Wildman–Crippen LogP) is 2.94. The number of rotatable bonds is 7. The molecule has 2 saturated heterocycles. The summed E-state index contributed by atoms with van der Waals surface area (Å²) in [6.45, 7) is 6.47. The van der Waals surface area contributed by atoms with E-state index in [1.165, 1.54) is 0 Å². The van der Waals surface area contributed by atoms with Crippen LogP contribution < -0.4 is 5.32 Å². The maximum Gasteiger partial charge on any atom is 0.239 e. The molecule has 0 radical (unpaired) electrons. The van der Waals surface area contributed by atoms with Crippen LogP contribution in [-0.2, 0) is 9.59 Å². The number of hydrogen-bond donors (Lipinski definition) is 1. The van der Waals surface area contributed by atoms with E-state index in [1.807, 2.05) is 51.9 Å². The zero-order chi connectivity index (χ0) is 19.1. The minimum absolute atomic E-state index is 0.0597. The fourth-order valence-corrected chi connectivity index (χ4v) is 5.16. The Balaban J connectivity index is 1.58. The number of hydrogen-bond acceptors (Lipinski definition) is 5. The zero-order valence-corrected chi connectivity index (χ0v) is 17.2. The van der Waals surface area contributed by atoms with Crippen LogP contribution in [0, 0.1) is 0 Å². The number of nitrogens with one attached hydrogen (secondary N) is 1. The lowest BCUT2D eigenvalue weighted by atomic mass is 10.2. The highest BCUT2D eigenvalue weighted by molar-refractivity contribution is 7.99. The molecule has 0 aliphatic carbocycles. The Morgan fingerprint density at radius 2 is 2.04 bits per heavy atom. The van der Waals surface area contributed by atoms with Crippen LogP contribution >= 0.6 is 23.5 Å². The monoisotopic (exact) mass is 405 g/mol. The number of carbonyl (C=O) groups excluding carboxylic acids is 2. The lowest BCUT2D eigenvalue weighted by molar-refractivity contribution is -0.136. The van der Waals surface area contributed by atoms with Crippen molar-refractivity contribution in [3.8, 4) is 0 Å². The molecular weight excluding hydrogens is 378 g/mol. The fraction of sp³-hybridized carbons (Fsp3) is 0.500. The summed E-state index contributed by atoms with van der Waals surface area (Å²) in [5.41, 5.74) is 0.824. The van der Waals surface area contributed by atoms with Crippen LogP contribution in [0.3, 0.4) is 0 Å². The molecule has 7 heteroatoms. The first kappa shape index (κ1) is 20.3. The number of carbonyl (C=O) groups is 2. The van der Waals surface area contributed by atoms with Crippen molar-refractivity contribution in [2.45, 2.75) is 23.8 Å². The van der Waals surface area contributed by atoms with Crippen molar-refractivity contribution in [2.75, 3.05) is 48.8 Å². The number of para-hydroxylation sites is 1. The number of thioether (sulfide) groups is 2. The number of benzene rings is 1. The molecular formula is C20H27N3O2S2. The number of nitrogens with zero attached hydrogens (tertiary/aromatic N) is 2. The third-order valence-electron chi connectivity index (χ3n) is 4.84. The molecule has 1 unspecified atom stereocenters. The minimum atomic E-state index is -0.149. The summed E-state index contributed by atoms with van der Waals surface area (Å²) >= 11 is 3.55. The Morgan fingerprint density at radius 1 is 1.26 bits per heavy atom. The van der Waals surface area contributed by atoms with E-state index in [4.69, 9.17) is 0 Å². The van der Waals surface area contributed by atoms with Crippen molar-refractivity contribution in [2.24, 2.45) is 0 Å². The van der Waals surface area contributed by atoms with E-state index in [-0.39, 0.29) is 24.4 Å². The van der Waals surface area contributed by atoms with Gasteiger partial charge in [0.15, 0.2) is 0 Å². The molecule has 146 valence electrons. The summed E-state index contributed by atoms with van der Waals surface area (Å²) in [4.78, 5) is 30.5. The number of likely N-dealkylation sites (tertiary alicyclic amines) is 1. The van der Waals surface area contributed by atoms with Gasteiger partial charge in [-0.2, -0.15) is 11.8 Å². The summed E-state index contributed by atoms with van der Waals surface area (Å²) in [7, 11) is 0. The topological polar surface area (TPSA) is 52.7 Å². The second-order valence-electron chi connectivity index (χ2n) is 6.71. The molecule has 1 atom stereocenters. The third kappa shape index (κ3) is 5.53. The molecule has 1 N–H and O–H groups in total. The Morgan fingerprint density at radius 3 is 2.81 bits per heavy atom. The van der Waals surface area contributed by atoms with Gasteiger partial charge < -0.3 is 10.2 Å². The molecule has 2 aliphatic heterocycles. The molecule has 27 heavy (non-hydrogen) atoms. The van der Waals surface area contributed by atoms with Crippen LogP contribution in [0.5, 0.6) is 0 Å². The molecule has 0 aromatic heterocycles. The quantitative estimate of drug-likeness (QED) is 0.558. The largest absolute Gasteiger partial charge is 0.340 e. The molecule has 5 nitrogen and oxygen atoms in total. The van der Waals surface area contributed by atoms with Crippen molar-refractivity contribution < 1.29 is 9.59 Å². The second-order valence-corrected chi connectivity index (χ2v) is 9.00. The highest BCUT2D eigenvalue weighted by atomic mass is 32.2. The fourth-order valence-electron chi connectivity index (χ4n) is 3.51. The van der Waals surface area contributed by atoms with Gasteiger partial charge in [-0.1, -0.05) is 18.2 Å². The van der Waals surface area contributed by atoms with Crippen molar-refractivity contribution in [1.82, 2.24) is 9.80 Å². The molecule has 0 saturated carbocycles. The maximum absolute atomic E-state index is 12.9. The smallest absolute Gasteiger partial charge is 0.239 e. The lowest BCUT2D eigenvalue weighted by Gasteiger charge is -2.32. The van der Waals surface area contributed by atoms with Gasteiger partial charge in [-0.3, -0.25) is 14.5 Å². The summed E-state index contributed by atoms with van der Waals surface area (Å²) in [5.74, 6) is 2.96. The van der Waals surface area contributed by atoms with Gasteiger partial charge in [-0.25, -0.2) is 0 Å². The van der Waals surface area contributed by atoms with Crippen LogP contribution in [0.2, 0.25) is 0 Å². The van der Waals surface area contributed by atoms with E-state index in [0.29, 0.717) is 0 Å². The van der Waals surface area contributed by atoms with Crippen LogP contribution in [0.25, 0.3) is 0 Å². The standard InChI is InChI=1S/C20H27N3O2S2/c1-2-12-27-18-8-4-3-6-16(18)21-19(24)15-23-9-5-7-17(23)20(25)22-10-13-26-14-11-22/h2-4,6,8,17H,1,5,7,9-15H2,(H,21,24). The van der Waals surface area contributed by atoms with Crippen molar-refractivity contribution in [3.63, 3.8) is 0 Å². The average Bonchev–Trinajstić information content (AvgIpc) is 3.15. The van der Waals surface area contributed by atoms with Gasteiger partial charge in [0.25, 0.3) is 0 Å². The molecule has 3 rings (SSSR count). The minimum Gasteiger partial charge on any atom is -0.340 e. The van der Waals surface area contributed by atoms with E-state index in [1.54, 1.807) is 11.8 Å².